The van der Waals surface area contributed by atoms with Gasteiger partial charge in [0.15, 0.2) is 0 Å². The van der Waals surface area contributed by atoms with E-state index in [2.05, 4.69) is 10.3 Å². The number of carbonyl (C=O) groups is 2. The van der Waals surface area contributed by atoms with Gasteiger partial charge in [0.05, 0.1) is 31.8 Å². The van der Waals surface area contributed by atoms with Crippen LogP contribution < -0.4 is 10.1 Å². The van der Waals surface area contributed by atoms with Gasteiger partial charge in [-0.1, -0.05) is 18.2 Å². The van der Waals surface area contributed by atoms with Gasteiger partial charge in [0.1, 0.15) is 11.8 Å². The zero-order valence-electron chi connectivity index (χ0n) is 15.6. The van der Waals surface area contributed by atoms with Crippen molar-refractivity contribution in [1.82, 2.24) is 15.2 Å². The summed E-state index contributed by atoms with van der Waals surface area (Å²) < 4.78 is 32.4. The number of nitriles is 1. The molecule has 29 heavy (non-hydrogen) atoms. The Morgan fingerprint density at radius 1 is 1.34 bits per heavy atom. The highest BCUT2D eigenvalue weighted by Gasteiger charge is 2.47. The third-order valence-corrected chi connectivity index (χ3v) is 4.60. The quantitative estimate of drug-likeness (QED) is 0.831. The summed E-state index contributed by atoms with van der Waals surface area (Å²) in [5, 5.41) is 11.4. The third-order valence-electron chi connectivity index (χ3n) is 4.60. The molecule has 1 aliphatic heterocycles. The molecule has 0 radical (unpaired) electrons. The van der Waals surface area contributed by atoms with Crippen molar-refractivity contribution in [3.05, 3.63) is 48.3 Å². The minimum absolute atomic E-state index is 0.251. The minimum atomic E-state index is -3.11. The standard InChI is InChI=1S/C20H18F2N4O3/c1-29-17-5-3-2-4-14(17)16-10-24-7-6-15(16)19(28)25-11-18(27)26-12-20(21,22)8-13(26)9-23/h2-7,10,13H,8,11-12H2,1H3,(H,25,28). The predicted molar refractivity (Wildman–Crippen MR) is 99.2 cm³/mol. The Kier molecular flexibility index (Phi) is 5.73. The van der Waals surface area contributed by atoms with Crippen LogP contribution in [0.5, 0.6) is 5.75 Å². The number of carbonyl (C=O) groups excluding carboxylic acids is 2. The van der Waals surface area contributed by atoms with Crippen LogP contribution in [-0.2, 0) is 4.79 Å². The Labute approximate surface area is 165 Å². The van der Waals surface area contributed by atoms with Gasteiger partial charge in [-0.3, -0.25) is 14.6 Å². The molecule has 1 saturated heterocycles. The lowest BCUT2D eigenvalue weighted by Gasteiger charge is -2.19. The largest absolute Gasteiger partial charge is 0.496 e. The fraction of sp³-hybridized carbons (Fsp3) is 0.300. The van der Waals surface area contributed by atoms with E-state index in [0.29, 0.717) is 16.9 Å². The van der Waals surface area contributed by atoms with Gasteiger partial charge in [-0.15, -0.1) is 0 Å². The lowest BCUT2D eigenvalue weighted by molar-refractivity contribution is -0.131. The van der Waals surface area contributed by atoms with Crippen LogP contribution in [0.4, 0.5) is 8.78 Å². The number of rotatable bonds is 5. The third kappa shape index (κ3) is 4.32. The molecule has 0 bridgehead atoms. The molecule has 150 valence electrons. The van der Waals surface area contributed by atoms with Crippen LogP contribution in [0.3, 0.4) is 0 Å². The predicted octanol–water partition coefficient (Wildman–Crippen LogP) is 2.25. The highest BCUT2D eigenvalue weighted by atomic mass is 19.3. The summed E-state index contributed by atoms with van der Waals surface area (Å²) in [7, 11) is 1.51. The first-order chi connectivity index (χ1) is 13.9. The molecule has 0 saturated carbocycles. The zero-order chi connectivity index (χ0) is 21.0. The zero-order valence-corrected chi connectivity index (χ0v) is 15.6. The molecule has 1 aromatic heterocycles. The van der Waals surface area contributed by atoms with Crippen LogP contribution in [-0.4, -0.2) is 53.9 Å². The summed E-state index contributed by atoms with van der Waals surface area (Å²) in [4.78, 5) is 29.8. The number of para-hydroxylation sites is 1. The minimum Gasteiger partial charge on any atom is -0.496 e. The SMILES string of the molecule is COc1ccccc1-c1cnccc1C(=O)NCC(=O)N1CC(F)(F)CC1C#N. The van der Waals surface area contributed by atoms with Crippen LogP contribution in [0.15, 0.2) is 42.7 Å². The molecule has 0 aliphatic carbocycles. The summed E-state index contributed by atoms with van der Waals surface area (Å²) >= 11 is 0. The van der Waals surface area contributed by atoms with Gasteiger partial charge >= 0.3 is 0 Å². The van der Waals surface area contributed by atoms with E-state index in [1.807, 2.05) is 0 Å². The number of nitrogens with zero attached hydrogens (tertiary/aromatic N) is 3. The van der Waals surface area contributed by atoms with Crippen LogP contribution in [0.2, 0.25) is 0 Å². The van der Waals surface area contributed by atoms with Gasteiger partial charge in [-0.25, -0.2) is 8.78 Å². The summed E-state index contributed by atoms with van der Waals surface area (Å²) in [6.45, 7) is -1.33. The molecule has 2 amide bonds. The summed E-state index contributed by atoms with van der Waals surface area (Å²) in [5.74, 6) is -3.87. The maximum Gasteiger partial charge on any atom is 0.268 e. The normalized spacial score (nSPS) is 17.4. The van der Waals surface area contributed by atoms with Gasteiger partial charge in [-0.05, 0) is 12.1 Å². The Morgan fingerprint density at radius 2 is 2.10 bits per heavy atom. The van der Waals surface area contributed by atoms with Crippen molar-refractivity contribution in [2.45, 2.75) is 18.4 Å². The molecule has 2 heterocycles. The molecule has 0 spiro atoms. The Bertz CT molecular complexity index is 974. The first kappa shape index (κ1) is 20.2. The smallest absolute Gasteiger partial charge is 0.268 e. The lowest BCUT2D eigenvalue weighted by Crippen LogP contribution is -2.43. The maximum absolute atomic E-state index is 13.5. The van der Waals surface area contributed by atoms with Crippen molar-refractivity contribution >= 4 is 11.8 Å². The number of alkyl halides is 2. The number of halogens is 2. The number of amides is 2. The average Bonchev–Trinajstić information content (AvgIpc) is 3.06. The number of aromatic nitrogens is 1. The number of methoxy groups -OCH3 is 1. The number of ether oxygens (including phenoxy) is 1. The van der Waals surface area contributed by atoms with Crippen molar-refractivity contribution < 1.29 is 23.1 Å². The first-order valence-electron chi connectivity index (χ1n) is 8.79. The molecule has 2 aromatic rings. The number of pyridine rings is 1. The fourth-order valence-corrected chi connectivity index (χ4v) is 3.22. The van der Waals surface area contributed by atoms with Gasteiger partial charge in [0, 0.05) is 29.9 Å². The monoisotopic (exact) mass is 400 g/mol. The Morgan fingerprint density at radius 3 is 2.83 bits per heavy atom. The van der Waals surface area contributed by atoms with Crippen LogP contribution in [0.25, 0.3) is 11.1 Å². The van der Waals surface area contributed by atoms with Crippen molar-refractivity contribution in [3.63, 3.8) is 0 Å². The molecule has 1 aliphatic rings. The second-order valence-electron chi connectivity index (χ2n) is 6.53. The lowest BCUT2D eigenvalue weighted by atomic mass is 10.0. The number of likely N-dealkylation sites (tertiary alicyclic amines) is 1. The van der Waals surface area contributed by atoms with Gasteiger partial charge in [0.2, 0.25) is 5.91 Å². The average molecular weight is 400 g/mol. The van der Waals surface area contributed by atoms with E-state index in [9.17, 15) is 18.4 Å². The number of hydrogen-bond donors (Lipinski definition) is 1. The maximum atomic E-state index is 13.5. The van der Waals surface area contributed by atoms with Crippen molar-refractivity contribution in [2.24, 2.45) is 0 Å². The molecular formula is C20H18F2N4O3. The molecule has 1 fully saturated rings. The van der Waals surface area contributed by atoms with E-state index in [1.165, 1.54) is 25.6 Å². The fourth-order valence-electron chi connectivity index (χ4n) is 3.22. The Hall–Kier alpha value is -3.54. The van der Waals surface area contributed by atoms with Crippen molar-refractivity contribution in [2.75, 3.05) is 20.2 Å². The molecule has 1 N–H and O–H groups in total. The van der Waals surface area contributed by atoms with Gasteiger partial charge < -0.3 is 15.0 Å². The molecule has 7 nitrogen and oxygen atoms in total. The highest BCUT2D eigenvalue weighted by Crippen LogP contribution is 2.32. The molecule has 1 atom stereocenters. The van der Waals surface area contributed by atoms with Crippen LogP contribution >= 0.6 is 0 Å². The highest BCUT2D eigenvalue weighted by molar-refractivity contribution is 6.02. The number of hydrogen-bond acceptors (Lipinski definition) is 5. The van der Waals surface area contributed by atoms with Crippen molar-refractivity contribution in [3.8, 4) is 22.9 Å². The molecule has 9 heteroatoms. The van der Waals surface area contributed by atoms with Gasteiger partial charge in [-0.2, -0.15) is 5.26 Å². The summed E-state index contributed by atoms with van der Waals surface area (Å²) in [6, 6.07) is 9.06. The second-order valence-corrected chi connectivity index (χ2v) is 6.53. The molecule has 1 unspecified atom stereocenters. The number of nitrogens with one attached hydrogen (secondary N) is 1. The molecular weight excluding hydrogens is 382 g/mol. The van der Waals surface area contributed by atoms with E-state index in [-0.39, 0.29) is 5.56 Å². The topological polar surface area (TPSA) is 95.3 Å². The first-order valence-corrected chi connectivity index (χ1v) is 8.79. The van der Waals surface area contributed by atoms with Crippen LogP contribution in [0.1, 0.15) is 16.8 Å². The van der Waals surface area contributed by atoms with Gasteiger partial charge in [0.25, 0.3) is 11.8 Å². The molecule has 1 aromatic carbocycles. The molecule has 3 rings (SSSR count). The van der Waals surface area contributed by atoms with E-state index in [1.54, 1.807) is 30.3 Å². The summed E-state index contributed by atoms with van der Waals surface area (Å²) in [6.07, 6.45) is 2.23. The Balaban J connectivity index is 1.76. The van der Waals surface area contributed by atoms with Crippen molar-refractivity contribution in [1.29, 1.82) is 5.26 Å². The van der Waals surface area contributed by atoms with E-state index in [4.69, 9.17) is 10.00 Å². The van der Waals surface area contributed by atoms with E-state index in [0.717, 1.165) is 4.90 Å². The summed E-state index contributed by atoms with van der Waals surface area (Å²) in [5.41, 5.74) is 1.39. The second kappa shape index (κ2) is 8.22. The van der Waals surface area contributed by atoms with E-state index < -0.39 is 43.3 Å². The van der Waals surface area contributed by atoms with Crippen LogP contribution in [0, 0.1) is 11.3 Å². The van der Waals surface area contributed by atoms with E-state index >= 15 is 0 Å². The number of benzene rings is 1.